The van der Waals surface area contributed by atoms with E-state index in [4.69, 9.17) is 5.26 Å². The molecule has 1 amide bonds. The van der Waals surface area contributed by atoms with Crippen LogP contribution in [0.1, 0.15) is 47.5 Å². The second-order valence-electron chi connectivity index (χ2n) is 8.17. The third-order valence-electron chi connectivity index (χ3n) is 5.76. The fourth-order valence-corrected chi connectivity index (χ4v) is 3.90. The van der Waals surface area contributed by atoms with E-state index in [-0.39, 0.29) is 24.7 Å². The molecule has 0 spiro atoms. The average molecular weight is 455 g/mol. The Kier molecular flexibility index (Phi) is 5.46. The summed E-state index contributed by atoms with van der Waals surface area (Å²) in [5, 5.41) is 19.0. The summed E-state index contributed by atoms with van der Waals surface area (Å²) in [6, 6.07) is 11.8. The first kappa shape index (κ1) is 22.5. The number of aromatic nitrogens is 3. The van der Waals surface area contributed by atoms with Crippen LogP contribution in [0.5, 0.6) is 0 Å². The van der Waals surface area contributed by atoms with E-state index in [0.717, 1.165) is 11.1 Å². The first-order chi connectivity index (χ1) is 15.5. The van der Waals surface area contributed by atoms with Gasteiger partial charge in [-0.05, 0) is 37.6 Å². The summed E-state index contributed by atoms with van der Waals surface area (Å²) < 4.78 is 41.3. The molecule has 0 radical (unpaired) electrons. The zero-order valence-corrected chi connectivity index (χ0v) is 17.8. The van der Waals surface area contributed by atoms with Gasteiger partial charge in [-0.3, -0.25) is 9.78 Å². The molecule has 0 unspecified atom stereocenters. The molecular weight excluding hydrogens is 435 g/mol. The molecule has 1 N–H and O–H groups in total. The Morgan fingerprint density at radius 3 is 2.36 bits per heavy atom. The van der Waals surface area contributed by atoms with Gasteiger partial charge < -0.3 is 14.6 Å². The van der Waals surface area contributed by atoms with Crippen LogP contribution < -0.4 is 0 Å². The second kappa shape index (κ2) is 8.01. The highest BCUT2D eigenvalue weighted by atomic mass is 19.4. The van der Waals surface area contributed by atoms with E-state index >= 15 is 0 Å². The topological polar surface area (TPSA) is 95.0 Å². The summed E-state index contributed by atoms with van der Waals surface area (Å²) >= 11 is 0. The van der Waals surface area contributed by atoms with Crippen molar-refractivity contribution in [2.75, 3.05) is 6.54 Å². The molecule has 2 atom stereocenters. The molecule has 1 aliphatic rings. The van der Waals surface area contributed by atoms with Gasteiger partial charge in [0.1, 0.15) is 5.69 Å². The zero-order chi connectivity index (χ0) is 24.0. The lowest BCUT2D eigenvalue weighted by Crippen LogP contribution is -2.45. The van der Waals surface area contributed by atoms with Crippen molar-refractivity contribution in [1.29, 1.82) is 5.26 Å². The van der Waals surface area contributed by atoms with Crippen LogP contribution in [0.2, 0.25) is 0 Å². The number of rotatable bonds is 3. The maximum absolute atomic E-state index is 13.3. The van der Waals surface area contributed by atoms with E-state index in [2.05, 4.69) is 16.0 Å². The molecule has 1 aromatic carbocycles. The van der Waals surface area contributed by atoms with Crippen molar-refractivity contribution in [1.82, 2.24) is 19.4 Å². The zero-order valence-electron chi connectivity index (χ0n) is 17.8. The number of aliphatic hydroxyl groups is 1. The number of hydrogen-bond donors (Lipinski definition) is 1. The number of carbonyl (C=O) groups is 1. The summed E-state index contributed by atoms with van der Waals surface area (Å²) in [5.74, 6) is -0.848. The summed E-state index contributed by atoms with van der Waals surface area (Å²) in [6.45, 7) is 2.53. The van der Waals surface area contributed by atoms with E-state index in [1.807, 2.05) is 0 Å². The Labute approximate surface area is 187 Å². The third-order valence-corrected chi connectivity index (χ3v) is 5.76. The molecule has 4 rings (SSSR count). The van der Waals surface area contributed by atoms with Gasteiger partial charge in [0.2, 0.25) is 5.60 Å². The van der Waals surface area contributed by atoms with Crippen LogP contribution in [0.25, 0.3) is 11.1 Å². The molecule has 1 aliphatic heterocycles. The number of carbonyl (C=O) groups excluding carboxylic acids is 1. The number of imidazole rings is 1. The number of amides is 1. The van der Waals surface area contributed by atoms with Gasteiger partial charge in [-0.15, -0.1) is 0 Å². The molecule has 170 valence electrons. The molecule has 2 aromatic heterocycles. The lowest BCUT2D eigenvalue weighted by molar-refractivity contribution is -0.263. The number of pyridine rings is 1. The second-order valence-corrected chi connectivity index (χ2v) is 8.17. The van der Waals surface area contributed by atoms with Crippen LogP contribution in [0.4, 0.5) is 13.2 Å². The normalized spacial score (nSPS) is 17.7. The van der Waals surface area contributed by atoms with Crippen molar-refractivity contribution in [3.63, 3.8) is 0 Å². The molecule has 0 saturated heterocycles. The predicted octanol–water partition coefficient (Wildman–Crippen LogP) is 3.80. The average Bonchev–Trinajstić information content (AvgIpc) is 3.23. The van der Waals surface area contributed by atoms with Crippen LogP contribution in [-0.4, -0.2) is 43.2 Å². The smallest absolute Gasteiger partial charge is 0.374 e. The van der Waals surface area contributed by atoms with E-state index in [9.17, 15) is 23.1 Å². The number of fused-ring (bicyclic) bond motifs is 1. The monoisotopic (exact) mass is 455 g/mol. The van der Waals surface area contributed by atoms with Crippen molar-refractivity contribution in [2.45, 2.75) is 38.2 Å². The van der Waals surface area contributed by atoms with Crippen molar-refractivity contribution in [3.05, 3.63) is 71.6 Å². The van der Waals surface area contributed by atoms with Gasteiger partial charge in [0.15, 0.2) is 5.82 Å². The number of nitrogens with zero attached hydrogens (tertiary/aromatic N) is 5. The first-order valence-corrected chi connectivity index (χ1v) is 10.1. The minimum absolute atomic E-state index is 0.0448. The minimum atomic E-state index is -4.89. The molecule has 33 heavy (non-hydrogen) atoms. The Balaban J connectivity index is 1.55. The van der Waals surface area contributed by atoms with Crippen molar-refractivity contribution in [2.24, 2.45) is 0 Å². The SMILES string of the molecule is C[C@H]1CN(C(=O)c2ccc(-c3ccc(C#N)cc3)cn2)Cc2cnc([C@@](C)(O)C(F)(F)F)n21. The maximum atomic E-state index is 13.3. The summed E-state index contributed by atoms with van der Waals surface area (Å²) in [6.07, 6.45) is -2.07. The van der Waals surface area contributed by atoms with Gasteiger partial charge in [0.25, 0.3) is 5.91 Å². The van der Waals surface area contributed by atoms with E-state index < -0.39 is 23.6 Å². The summed E-state index contributed by atoms with van der Waals surface area (Å²) in [7, 11) is 0. The Hall–Kier alpha value is -3.71. The van der Waals surface area contributed by atoms with Crippen molar-refractivity contribution >= 4 is 5.91 Å². The molecule has 0 fully saturated rings. The third kappa shape index (κ3) is 3.96. The van der Waals surface area contributed by atoms with Crippen LogP contribution in [0.3, 0.4) is 0 Å². The Morgan fingerprint density at radius 2 is 1.79 bits per heavy atom. The van der Waals surface area contributed by atoms with Crippen LogP contribution >= 0.6 is 0 Å². The molecule has 0 bridgehead atoms. The molecule has 3 aromatic rings. The fourth-order valence-electron chi connectivity index (χ4n) is 3.90. The van der Waals surface area contributed by atoms with E-state index in [0.29, 0.717) is 18.2 Å². The molecule has 0 aliphatic carbocycles. The summed E-state index contributed by atoms with van der Waals surface area (Å²) in [5.41, 5.74) is -0.336. The van der Waals surface area contributed by atoms with Crippen LogP contribution in [0.15, 0.2) is 48.8 Å². The molecule has 0 saturated carbocycles. The first-order valence-electron chi connectivity index (χ1n) is 10.1. The van der Waals surface area contributed by atoms with Gasteiger partial charge in [-0.2, -0.15) is 18.4 Å². The Morgan fingerprint density at radius 1 is 1.12 bits per heavy atom. The molecular formula is C23H20F3N5O2. The van der Waals surface area contributed by atoms with Crippen molar-refractivity contribution in [3.8, 4) is 17.2 Å². The summed E-state index contributed by atoms with van der Waals surface area (Å²) in [4.78, 5) is 22.6. The number of hydrogen-bond acceptors (Lipinski definition) is 5. The molecule has 10 heteroatoms. The predicted molar refractivity (Wildman–Crippen MR) is 112 cm³/mol. The highest BCUT2D eigenvalue weighted by Crippen LogP contribution is 2.40. The highest BCUT2D eigenvalue weighted by molar-refractivity contribution is 5.92. The highest BCUT2D eigenvalue weighted by Gasteiger charge is 2.55. The van der Waals surface area contributed by atoms with E-state index in [1.165, 1.54) is 15.7 Å². The largest absolute Gasteiger partial charge is 0.424 e. The number of alkyl halides is 3. The minimum Gasteiger partial charge on any atom is -0.374 e. The maximum Gasteiger partial charge on any atom is 0.424 e. The number of halogens is 3. The standard InChI is InChI=1S/C23H20F3N5O2/c1-14-12-30(13-18-11-29-21(31(14)18)22(2,33)23(24,25)26)20(32)19-8-7-17(10-28-19)16-5-3-15(9-27)4-6-16/h3-8,10-11,14,33H,12-13H2,1-2H3/t14-,22+/m0/s1. The Bertz CT molecular complexity index is 1220. The lowest BCUT2D eigenvalue weighted by Gasteiger charge is -2.36. The van der Waals surface area contributed by atoms with E-state index in [1.54, 1.807) is 49.5 Å². The van der Waals surface area contributed by atoms with Gasteiger partial charge in [0, 0.05) is 18.3 Å². The van der Waals surface area contributed by atoms with Crippen LogP contribution in [0, 0.1) is 11.3 Å². The van der Waals surface area contributed by atoms with Crippen molar-refractivity contribution < 1.29 is 23.1 Å². The molecule has 3 heterocycles. The lowest BCUT2D eigenvalue weighted by atomic mass is 10.0. The van der Waals surface area contributed by atoms with Gasteiger partial charge in [-0.1, -0.05) is 18.2 Å². The molecule has 7 nitrogen and oxygen atoms in total. The fraction of sp³-hybridized carbons (Fsp3) is 0.304. The quantitative estimate of drug-likeness (QED) is 0.648. The number of benzene rings is 1. The van der Waals surface area contributed by atoms with Gasteiger partial charge >= 0.3 is 6.18 Å². The van der Waals surface area contributed by atoms with Gasteiger partial charge in [0.05, 0.1) is 36.1 Å². The van der Waals surface area contributed by atoms with Gasteiger partial charge in [-0.25, -0.2) is 4.98 Å². The number of nitriles is 1. The van der Waals surface area contributed by atoms with Crippen LogP contribution in [-0.2, 0) is 12.1 Å².